The van der Waals surface area contributed by atoms with E-state index in [-0.39, 0.29) is 30.6 Å². The molecule has 2 aliphatic heterocycles. The van der Waals surface area contributed by atoms with Crippen LogP contribution in [0.1, 0.15) is 33.6 Å². The molecule has 6 nitrogen and oxygen atoms in total. The van der Waals surface area contributed by atoms with Crippen molar-refractivity contribution in [2.24, 2.45) is 5.41 Å². The smallest absolute Gasteiger partial charge is 0.245 e. The van der Waals surface area contributed by atoms with Gasteiger partial charge in [0.1, 0.15) is 6.04 Å². The number of hydrogen-bond donors (Lipinski definition) is 1. The van der Waals surface area contributed by atoms with Crippen LogP contribution in [0, 0.1) is 5.41 Å². The molecule has 0 radical (unpaired) electrons. The minimum absolute atomic E-state index is 0.00755. The van der Waals surface area contributed by atoms with Gasteiger partial charge in [0.05, 0.1) is 19.3 Å². The number of carbonyl (C=O) groups is 2. The number of aliphatic hydroxyl groups is 1. The molecule has 0 spiro atoms. The van der Waals surface area contributed by atoms with Gasteiger partial charge in [0, 0.05) is 25.0 Å². The Morgan fingerprint density at radius 2 is 2.00 bits per heavy atom. The van der Waals surface area contributed by atoms with E-state index in [9.17, 15) is 14.7 Å². The van der Waals surface area contributed by atoms with Crippen LogP contribution < -0.4 is 0 Å². The lowest BCUT2D eigenvalue weighted by Crippen LogP contribution is -2.54. The summed E-state index contributed by atoms with van der Waals surface area (Å²) in [6.45, 7) is 7.59. The molecule has 2 amide bonds. The van der Waals surface area contributed by atoms with Crippen molar-refractivity contribution in [1.82, 2.24) is 9.80 Å². The Balaban J connectivity index is 2.05. The Morgan fingerprint density at radius 3 is 2.62 bits per heavy atom. The summed E-state index contributed by atoms with van der Waals surface area (Å²) in [5, 5.41) is 9.18. The van der Waals surface area contributed by atoms with Gasteiger partial charge in [-0.3, -0.25) is 9.59 Å². The van der Waals surface area contributed by atoms with Crippen LogP contribution in [0.15, 0.2) is 0 Å². The van der Waals surface area contributed by atoms with Gasteiger partial charge < -0.3 is 19.6 Å². The van der Waals surface area contributed by atoms with E-state index >= 15 is 0 Å². The van der Waals surface area contributed by atoms with Crippen LogP contribution in [0.4, 0.5) is 0 Å². The predicted molar refractivity (Wildman–Crippen MR) is 77.6 cm³/mol. The van der Waals surface area contributed by atoms with Crippen LogP contribution in [-0.2, 0) is 14.3 Å². The van der Waals surface area contributed by atoms with Crippen molar-refractivity contribution in [3.8, 4) is 0 Å². The van der Waals surface area contributed by atoms with Crippen molar-refractivity contribution in [3.05, 3.63) is 0 Å². The third-order valence-corrected chi connectivity index (χ3v) is 4.09. The molecule has 0 aromatic carbocycles. The van der Waals surface area contributed by atoms with E-state index in [4.69, 9.17) is 4.74 Å². The molecule has 0 aromatic rings. The van der Waals surface area contributed by atoms with E-state index in [1.54, 1.807) is 9.80 Å². The summed E-state index contributed by atoms with van der Waals surface area (Å²) in [5.74, 6) is 0.0252. The Hall–Kier alpha value is -1.14. The van der Waals surface area contributed by atoms with Crippen molar-refractivity contribution >= 4 is 11.8 Å². The molecule has 0 aliphatic carbocycles. The van der Waals surface area contributed by atoms with Crippen molar-refractivity contribution in [3.63, 3.8) is 0 Å². The van der Waals surface area contributed by atoms with Crippen molar-refractivity contribution in [1.29, 1.82) is 0 Å². The van der Waals surface area contributed by atoms with E-state index in [0.29, 0.717) is 26.2 Å². The summed E-state index contributed by atoms with van der Waals surface area (Å²) in [7, 11) is 0. The molecule has 0 bridgehead atoms. The van der Waals surface area contributed by atoms with Crippen LogP contribution in [0.25, 0.3) is 0 Å². The summed E-state index contributed by atoms with van der Waals surface area (Å²) >= 11 is 0. The zero-order chi connectivity index (χ0) is 15.6. The highest BCUT2D eigenvalue weighted by atomic mass is 16.5. The summed E-state index contributed by atoms with van der Waals surface area (Å²) in [6, 6.07) is -0.353. The van der Waals surface area contributed by atoms with E-state index in [1.165, 1.54) is 0 Å². The zero-order valence-corrected chi connectivity index (χ0v) is 13.2. The van der Waals surface area contributed by atoms with Gasteiger partial charge in [-0.25, -0.2) is 0 Å². The van der Waals surface area contributed by atoms with E-state index < -0.39 is 5.41 Å². The van der Waals surface area contributed by atoms with Crippen molar-refractivity contribution in [2.75, 3.05) is 32.8 Å². The number of morpholine rings is 1. The summed E-state index contributed by atoms with van der Waals surface area (Å²) in [5.41, 5.74) is -0.471. The van der Waals surface area contributed by atoms with E-state index in [0.717, 1.165) is 12.8 Å². The number of amides is 2. The first-order valence-electron chi connectivity index (χ1n) is 7.67. The Kier molecular flexibility index (Phi) is 4.88. The number of hydrogen-bond acceptors (Lipinski definition) is 4. The fraction of sp³-hybridized carbons (Fsp3) is 0.867. The molecule has 2 atom stereocenters. The molecule has 2 unspecified atom stereocenters. The molecule has 0 aromatic heterocycles. The quantitative estimate of drug-likeness (QED) is 0.793. The van der Waals surface area contributed by atoms with Crippen molar-refractivity contribution in [2.45, 2.75) is 45.8 Å². The van der Waals surface area contributed by atoms with Gasteiger partial charge >= 0.3 is 0 Å². The van der Waals surface area contributed by atoms with Crippen LogP contribution in [-0.4, -0.2) is 71.7 Å². The van der Waals surface area contributed by atoms with Gasteiger partial charge in [0.25, 0.3) is 0 Å². The lowest BCUT2D eigenvalue weighted by atomic mass is 9.94. The van der Waals surface area contributed by atoms with Gasteiger partial charge in [-0.05, 0) is 12.8 Å². The second kappa shape index (κ2) is 6.32. The van der Waals surface area contributed by atoms with E-state index in [1.807, 2.05) is 20.8 Å². The van der Waals surface area contributed by atoms with Crippen molar-refractivity contribution < 1.29 is 19.4 Å². The fourth-order valence-electron chi connectivity index (χ4n) is 2.94. The molecule has 2 aliphatic rings. The first-order chi connectivity index (χ1) is 9.84. The second-order valence-corrected chi connectivity index (χ2v) is 6.87. The molecule has 2 heterocycles. The van der Waals surface area contributed by atoms with Gasteiger partial charge in [-0.15, -0.1) is 0 Å². The average Bonchev–Trinajstić information content (AvgIpc) is 2.93. The first-order valence-corrected chi connectivity index (χ1v) is 7.67. The number of carbonyl (C=O) groups excluding carboxylic acids is 2. The molecule has 2 rings (SSSR count). The molecule has 120 valence electrons. The first kappa shape index (κ1) is 16.2. The number of ether oxygens (including phenoxy) is 1. The SMILES string of the molecule is CC(C)(C)C(=O)N1CCCC1C(=O)N1CCOC(CO)C1. The molecular weight excluding hydrogens is 272 g/mol. The van der Waals surface area contributed by atoms with Gasteiger partial charge in [-0.2, -0.15) is 0 Å². The highest BCUT2D eigenvalue weighted by Gasteiger charge is 2.40. The highest BCUT2D eigenvalue weighted by Crippen LogP contribution is 2.26. The average molecular weight is 298 g/mol. The molecule has 6 heteroatoms. The lowest BCUT2D eigenvalue weighted by Gasteiger charge is -2.37. The topological polar surface area (TPSA) is 70.1 Å². The standard InChI is InChI=1S/C15H26N2O4/c1-15(2,3)14(20)17-6-4-5-12(17)13(19)16-7-8-21-11(9-16)10-18/h11-12,18H,4-10H2,1-3H3. The minimum atomic E-state index is -0.471. The third-order valence-electron chi connectivity index (χ3n) is 4.09. The van der Waals surface area contributed by atoms with Gasteiger partial charge in [0.2, 0.25) is 11.8 Å². The minimum Gasteiger partial charge on any atom is -0.394 e. The Labute approximate surface area is 126 Å². The summed E-state index contributed by atoms with van der Waals surface area (Å²) < 4.78 is 5.37. The third kappa shape index (κ3) is 3.55. The maximum atomic E-state index is 12.7. The monoisotopic (exact) mass is 298 g/mol. The number of aliphatic hydroxyl groups excluding tert-OH is 1. The Bertz CT molecular complexity index is 405. The zero-order valence-electron chi connectivity index (χ0n) is 13.2. The number of nitrogens with zero attached hydrogens (tertiary/aromatic N) is 2. The lowest BCUT2D eigenvalue weighted by molar-refractivity contribution is -0.152. The molecule has 1 N–H and O–H groups in total. The van der Waals surface area contributed by atoms with Gasteiger partial charge in [0.15, 0.2) is 0 Å². The maximum absolute atomic E-state index is 12.7. The predicted octanol–water partition coefficient (Wildman–Crippen LogP) is 0.243. The molecule has 0 saturated carbocycles. The normalized spacial score (nSPS) is 27.0. The molecule has 2 fully saturated rings. The highest BCUT2D eigenvalue weighted by molar-refractivity contribution is 5.90. The second-order valence-electron chi connectivity index (χ2n) is 6.87. The Morgan fingerprint density at radius 1 is 1.29 bits per heavy atom. The number of likely N-dealkylation sites (tertiary alicyclic amines) is 1. The summed E-state index contributed by atoms with van der Waals surface area (Å²) in [6.07, 6.45) is 1.28. The molecule has 21 heavy (non-hydrogen) atoms. The van der Waals surface area contributed by atoms with Crippen LogP contribution in [0.3, 0.4) is 0 Å². The fourth-order valence-corrected chi connectivity index (χ4v) is 2.94. The summed E-state index contributed by atoms with van der Waals surface area (Å²) in [4.78, 5) is 28.6. The van der Waals surface area contributed by atoms with E-state index in [2.05, 4.69) is 0 Å². The van der Waals surface area contributed by atoms with Crippen LogP contribution in [0.5, 0.6) is 0 Å². The number of rotatable bonds is 2. The van der Waals surface area contributed by atoms with Crippen LogP contribution >= 0.6 is 0 Å². The maximum Gasteiger partial charge on any atom is 0.245 e. The van der Waals surface area contributed by atoms with Gasteiger partial charge in [-0.1, -0.05) is 20.8 Å². The largest absolute Gasteiger partial charge is 0.394 e. The molecule has 2 saturated heterocycles. The molecular formula is C15H26N2O4. The van der Waals surface area contributed by atoms with Crippen LogP contribution in [0.2, 0.25) is 0 Å².